The highest BCUT2D eigenvalue weighted by molar-refractivity contribution is 6.30. The minimum atomic E-state index is 0.117. The van der Waals surface area contributed by atoms with Crippen LogP contribution in [0.4, 0.5) is 0 Å². The Bertz CT molecular complexity index is 673. The zero-order valence-electron chi connectivity index (χ0n) is 8.72. The van der Waals surface area contributed by atoms with E-state index in [2.05, 4.69) is 4.98 Å². The van der Waals surface area contributed by atoms with E-state index in [1.54, 1.807) is 18.3 Å². The van der Waals surface area contributed by atoms with Gasteiger partial charge in [-0.1, -0.05) is 11.6 Å². The van der Waals surface area contributed by atoms with Gasteiger partial charge in [-0.15, -0.1) is 0 Å². The van der Waals surface area contributed by atoms with E-state index in [0.29, 0.717) is 16.2 Å². The Hall–Kier alpha value is -2.00. The van der Waals surface area contributed by atoms with Gasteiger partial charge in [-0.3, -0.25) is 4.98 Å². The van der Waals surface area contributed by atoms with Crippen molar-refractivity contribution in [2.45, 2.75) is 0 Å². The van der Waals surface area contributed by atoms with Crippen molar-refractivity contribution in [2.75, 3.05) is 0 Å². The minimum Gasteiger partial charge on any atom is -0.506 e. The van der Waals surface area contributed by atoms with Crippen LogP contribution in [-0.2, 0) is 0 Å². The average molecular weight is 246 g/mol. The zero-order chi connectivity index (χ0) is 11.8. The highest BCUT2D eigenvalue weighted by Crippen LogP contribution is 2.34. The number of aromatic nitrogens is 1. The highest BCUT2D eigenvalue weighted by atomic mass is 35.5. The normalized spacial score (nSPS) is 10.9. The number of rotatable bonds is 1. The summed E-state index contributed by atoms with van der Waals surface area (Å²) < 4.78 is 5.48. The molecule has 3 aromatic rings. The molecule has 0 spiro atoms. The molecular weight excluding hydrogens is 238 g/mol. The van der Waals surface area contributed by atoms with Gasteiger partial charge >= 0.3 is 0 Å². The second kappa shape index (κ2) is 3.79. The second-order valence-electron chi connectivity index (χ2n) is 3.69. The number of hydrogen-bond donors (Lipinski definition) is 1. The van der Waals surface area contributed by atoms with Gasteiger partial charge in [0.05, 0.1) is 17.0 Å². The maximum atomic E-state index is 9.63. The molecule has 2 aromatic heterocycles. The largest absolute Gasteiger partial charge is 0.506 e. The van der Waals surface area contributed by atoms with Gasteiger partial charge in [0.2, 0.25) is 0 Å². The summed E-state index contributed by atoms with van der Waals surface area (Å²) in [5, 5.41) is 11.7. The van der Waals surface area contributed by atoms with Crippen molar-refractivity contribution < 1.29 is 9.52 Å². The Morgan fingerprint density at radius 1 is 1.06 bits per heavy atom. The fourth-order valence-corrected chi connectivity index (χ4v) is 1.90. The Morgan fingerprint density at radius 2 is 1.82 bits per heavy atom. The Balaban J connectivity index is 2.24. The lowest BCUT2D eigenvalue weighted by Gasteiger charge is -1.98. The molecule has 0 aliphatic rings. The maximum absolute atomic E-state index is 9.63. The number of benzene rings is 1. The molecule has 0 unspecified atom stereocenters. The standard InChI is InChI=1S/C13H8ClNO2/c14-9-3-1-8(2-4-9)13-10-5-15-6-12(16)11(10)7-17-13/h1-7,16H. The van der Waals surface area contributed by atoms with Gasteiger partial charge in [-0.2, -0.15) is 0 Å². The zero-order valence-corrected chi connectivity index (χ0v) is 9.48. The smallest absolute Gasteiger partial charge is 0.144 e. The van der Waals surface area contributed by atoms with Crippen LogP contribution in [0.3, 0.4) is 0 Å². The van der Waals surface area contributed by atoms with E-state index >= 15 is 0 Å². The highest BCUT2D eigenvalue weighted by Gasteiger charge is 2.11. The number of hydrogen-bond acceptors (Lipinski definition) is 3. The minimum absolute atomic E-state index is 0.117. The van der Waals surface area contributed by atoms with Gasteiger partial charge < -0.3 is 9.52 Å². The van der Waals surface area contributed by atoms with Crippen LogP contribution in [0.15, 0.2) is 47.3 Å². The molecular formula is C13H8ClNO2. The maximum Gasteiger partial charge on any atom is 0.144 e. The van der Waals surface area contributed by atoms with Crippen LogP contribution in [0.25, 0.3) is 22.1 Å². The molecule has 3 nitrogen and oxygen atoms in total. The van der Waals surface area contributed by atoms with E-state index in [1.165, 1.54) is 12.5 Å². The van der Waals surface area contributed by atoms with Crippen molar-refractivity contribution in [3.8, 4) is 17.1 Å². The molecule has 0 fully saturated rings. The van der Waals surface area contributed by atoms with Crippen molar-refractivity contribution in [1.82, 2.24) is 4.98 Å². The first-order valence-corrected chi connectivity index (χ1v) is 5.43. The molecule has 17 heavy (non-hydrogen) atoms. The SMILES string of the molecule is Oc1cncc2c(-c3ccc(Cl)cc3)occ12. The Labute approximate surface area is 102 Å². The first kappa shape index (κ1) is 10.2. The van der Waals surface area contributed by atoms with Crippen LogP contribution in [0.2, 0.25) is 5.02 Å². The number of fused-ring (bicyclic) bond motifs is 1. The fourth-order valence-electron chi connectivity index (χ4n) is 1.77. The number of halogens is 1. The summed E-state index contributed by atoms with van der Waals surface area (Å²) in [6.45, 7) is 0. The molecule has 0 atom stereocenters. The molecule has 0 aliphatic carbocycles. The van der Waals surface area contributed by atoms with E-state index in [1.807, 2.05) is 12.1 Å². The molecule has 3 rings (SSSR count). The lowest BCUT2D eigenvalue weighted by Crippen LogP contribution is -1.77. The number of nitrogens with zero attached hydrogens (tertiary/aromatic N) is 1. The third-order valence-electron chi connectivity index (χ3n) is 2.61. The Kier molecular flexibility index (Phi) is 2.27. The predicted molar refractivity (Wildman–Crippen MR) is 66.1 cm³/mol. The van der Waals surface area contributed by atoms with Gasteiger partial charge in [-0.25, -0.2) is 0 Å². The lowest BCUT2D eigenvalue weighted by atomic mass is 10.1. The summed E-state index contributed by atoms with van der Waals surface area (Å²) in [6, 6.07) is 7.32. The molecule has 0 aliphatic heterocycles. The topological polar surface area (TPSA) is 46.3 Å². The van der Waals surface area contributed by atoms with Gasteiger partial charge in [0.15, 0.2) is 0 Å². The van der Waals surface area contributed by atoms with Crippen molar-refractivity contribution in [1.29, 1.82) is 0 Å². The molecule has 4 heteroatoms. The lowest BCUT2D eigenvalue weighted by molar-refractivity contribution is 0.478. The van der Waals surface area contributed by atoms with E-state index in [9.17, 15) is 5.11 Å². The van der Waals surface area contributed by atoms with Crippen LogP contribution in [-0.4, -0.2) is 10.1 Å². The predicted octanol–water partition coefficient (Wildman–Crippen LogP) is 3.85. The van der Waals surface area contributed by atoms with Crippen LogP contribution < -0.4 is 0 Å². The van der Waals surface area contributed by atoms with E-state index in [0.717, 1.165) is 10.9 Å². The average Bonchev–Trinajstić information content (AvgIpc) is 2.75. The molecule has 0 saturated carbocycles. The summed E-state index contributed by atoms with van der Waals surface area (Å²) in [5.74, 6) is 0.798. The second-order valence-corrected chi connectivity index (χ2v) is 4.13. The summed E-state index contributed by atoms with van der Waals surface area (Å²) in [6.07, 6.45) is 4.59. The first-order valence-electron chi connectivity index (χ1n) is 5.06. The summed E-state index contributed by atoms with van der Waals surface area (Å²) >= 11 is 5.83. The van der Waals surface area contributed by atoms with Crippen LogP contribution in [0.1, 0.15) is 0 Å². The third kappa shape index (κ3) is 1.65. The molecule has 0 saturated heterocycles. The molecule has 1 aromatic carbocycles. The van der Waals surface area contributed by atoms with E-state index < -0.39 is 0 Å². The van der Waals surface area contributed by atoms with Crippen molar-refractivity contribution in [3.63, 3.8) is 0 Å². The van der Waals surface area contributed by atoms with E-state index in [4.69, 9.17) is 16.0 Å². The molecule has 84 valence electrons. The number of pyridine rings is 1. The van der Waals surface area contributed by atoms with E-state index in [-0.39, 0.29) is 5.75 Å². The van der Waals surface area contributed by atoms with Gasteiger partial charge in [0, 0.05) is 16.8 Å². The van der Waals surface area contributed by atoms with Crippen LogP contribution >= 0.6 is 11.6 Å². The summed E-state index contributed by atoms with van der Waals surface area (Å²) in [5.41, 5.74) is 0.900. The molecule has 2 heterocycles. The number of aromatic hydroxyl groups is 1. The molecule has 0 amide bonds. The quantitative estimate of drug-likeness (QED) is 0.708. The monoisotopic (exact) mass is 245 g/mol. The summed E-state index contributed by atoms with van der Waals surface area (Å²) in [4.78, 5) is 3.95. The number of furan rings is 1. The van der Waals surface area contributed by atoms with Gasteiger partial charge in [0.1, 0.15) is 17.8 Å². The molecule has 1 N–H and O–H groups in total. The van der Waals surface area contributed by atoms with Crippen molar-refractivity contribution in [3.05, 3.63) is 47.9 Å². The van der Waals surface area contributed by atoms with Crippen molar-refractivity contribution in [2.24, 2.45) is 0 Å². The Morgan fingerprint density at radius 3 is 2.59 bits per heavy atom. The van der Waals surface area contributed by atoms with Crippen molar-refractivity contribution >= 4 is 22.4 Å². The first-order chi connectivity index (χ1) is 8.25. The summed E-state index contributed by atoms with van der Waals surface area (Å²) in [7, 11) is 0. The van der Waals surface area contributed by atoms with Crippen LogP contribution in [0.5, 0.6) is 5.75 Å². The van der Waals surface area contributed by atoms with Gasteiger partial charge in [0.25, 0.3) is 0 Å². The van der Waals surface area contributed by atoms with Gasteiger partial charge in [-0.05, 0) is 24.3 Å². The fraction of sp³-hybridized carbons (Fsp3) is 0. The molecule has 0 bridgehead atoms. The third-order valence-corrected chi connectivity index (χ3v) is 2.86. The molecule has 0 radical (unpaired) electrons. The van der Waals surface area contributed by atoms with Crippen LogP contribution in [0, 0.1) is 0 Å².